The molecule has 0 aliphatic heterocycles. The summed E-state index contributed by atoms with van der Waals surface area (Å²) >= 11 is 0. The van der Waals surface area contributed by atoms with E-state index in [1.807, 2.05) is 0 Å². The van der Waals surface area contributed by atoms with Crippen LogP contribution >= 0.6 is 0 Å². The lowest BCUT2D eigenvalue weighted by molar-refractivity contribution is 0.0467. The zero-order valence-electron chi connectivity index (χ0n) is 9.97. The van der Waals surface area contributed by atoms with Crippen molar-refractivity contribution in [3.63, 3.8) is 0 Å². The number of aromatic hydroxyl groups is 1. The maximum atomic E-state index is 13.4. The van der Waals surface area contributed by atoms with Crippen molar-refractivity contribution in [1.29, 1.82) is 0 Å². The normalized spacial score (nSPS) is 10.2. The molecule has 98 valence electrons. The molecule has 0 radical (unpaired) electrons. The monoisotopic (exact) mass is 261 g/mol. The molecule has 2 rings (SSSR count). The summed E-state index contributed by atoms with van der Waals surface area (Å²) in [4.78, 5) is 11.7. The van der Waals surface area contributed by atoms with Gasteiger partial charge in [0.25, 0.3) is 0 Å². The van der Waals surface area contributed by atoms with E-state index in [0.29, 0.717) is 5.56 Å². The van der Waals surface area contributed by atoms with Gasteiger partial charge in [-0.2, -0.15) is 0 Å². The molecule has 3 N–H and O–H groups in total. The molecule has 0 spiro atoms. The summed E-state index contributed by atoms with van der Waals surface area (Å²) in [5.74, 6) is -1.33. The fraction of sp³-hybridized carbons (Fsp3) is 0.0714. The molecule has 4 nitrogen and oxygen atoms in total. The van der Waals surface area contributed by atoms with E-state index in [0.717, 1.165) is 6.07 Å². The largest absolute Gasteiger partial charge is 0.508 e. The van der Waals surface area contributed by atoms with Crippen LogP contribution in [0.3, 0.4) is 0 Å². The van der Waals surface area contributed by atoms with Crippen LogP contribution in [0.2, 0.25) is 0 Å². The third-order valence-electron chi connectivity index (χ3n) is 2.52. The fourth-order valence-electron chi connectivity index (χ4n) is 1.52. The molecular weight excluding hydrogens is 249 g/mol. The van der Waals surface area contributed by atoms with Gasteiger partial charge in [-0.15, -0.1) is 0 Å². The summed E-state index contributed by atoms with van der Waals surface area (Å²) in [5, 5.41) is 9.11. The topological polar surface area (TPSA) is 72.6 Å². The summed E-state index contributed by atoms with van der Waals surface area (Å²) in [6.07, 6.45) is 0. The van der Waals surface area contributed by atoms with E-state index in [1.165, 1.54) is 24.3 Å². The zero-order chi connectivity index (χ0) is 13.8. The standard InChI is InChI=1S/C14H12FNO3/c15-13-6-3-10(16)7-12(13)14(18)19-8-9-1-4-11(17)5-2-9/h1-7,17H,8,16H2. The van der Waals surface area contributed by atoms with E-state index >= 15 is 0 Å². The zero-order valence-corrected chi connectivity index (χ0v) is 9.97. The van der Waals surface area contributed by atoms with Crippen molar-refractivity contribution in [3.8, 4) is 5.75 Å². The van der Waals surface area contributed by atoms with Crippen LogP contribution in [0.25, 0.3) is 0 Å². The molecule has 5 heteroatoms. The van der Waals surface area contributed by atoms with Gasteiger partial charge in [-0.25, -0.2) is 9.18 Å². The van der Waals surface area contributed by atoms with Gasteiger partial charge in [0.2, 0.25) is 0 Å². The van der Waals surface area contributed by atoms with E-state index in [1.54, 1.807) is 12.1 Å². The number of benzene rings is 2. The number of phenols is 1. The van der Waals surface area contributed by atoms with Crippen LogP contribution in [0.5, 0.6) is 5.75 Å². The van der Waals surface area contributed by atoms with Crippen molar-refractivity contribution < 1.29 is 19.0 Å². The Morgan fingerprint density at radius 3 is 2.58 bits per heavy atom. The highest BCUT2D eigenvalue weighted by atomic mass is 19.1. The number of rotatable bonds is 3. The summed E-state index contributed by atoms with van der Waals surface area (Å²) in [6, 6.07) is 9.89. The molecule has 2 aromatic carbocycles. The fourth-order valence-corrected chi connectivity index (χ4v) is 1.52. The van der Waals surface area contributed by atoms with Crippen molar-refractivity contribution in [2.24, 2.45) is 0 Å². The van der Waals surface area contributed by atoms with E-state index < -0.39 is 11.8 Å². The van der Waals surface area contributed by atoms with Gasteiger partial charge < -0.3 is 15.6 Å². The maximum Gasteiger partial charge on any atom is 0.341 e. The van der Waals surface area contributed by atoms with Gasteiger partial charge >= 0.3 is 5.97 Å². The Balaban J connectivity index is 2.05. The number of halogens is 1. The number of ether oxygens (including phenoxy) is 1. The van der Waals surface area contributed by atoms with Gasteiger partial charge in [-0.05, 0) is 35.9 Å². The molecule has 19 heavy (non-hydrogen) atoms. The van der Waals surface area contributed by atoms with Crippen LogP contribution in [-0.2, 0) is 11.3 Å². The Morgan fingerprint density at radius 2 is 1.89 bits per heavy atom. The van der Waals surface area contributed by atoms with Crippen LogP contribution in [0.1, 0.15) is 15.9 Å². The Hall–Kier alpha value is -2.56. The second kappa shape index (κ2) is 5.39. The SMILES string of the molecule is Nc1ccc(F)c(C(=O)OCc2ccc(O)cc2)c1. The second-order valence-electron chi connectivity index (χ2n) is 3.98. The lowest BCUT2D eigenvalue weighted by Crippen LogP contribution is -2.08. The quantitative estimate of drug-likeness (QED) is 0.657. The van der Waals surface area contributed by atoms with E-state index in [9.17, 15) is 9.18 Å². The van der Waals surface area contributed by atoms with E-state index in [4.69, 9.17) is 15.6 Å². The first kappa shape index (κ1) is 12.9. The molecule has 0 saturated carbocycles. The Labute approximate surface area is 109 Å². The number of carbonyl (C=O) groups is 1. The van der Waals surface area contributed by atoms with Gasteiger partial charge in [0, 0.05) is 5.69 Å². The average Bonchev–Trinajstić information content (AvgIpc) is 2.40. The van der Waals surface area contributed by atoms with Crippen molar-refractivity contribution >= 4 is 11.7 Å². The summed E-state index contributed by atoms with van der Waals surface area (Å²) in [6.45, 7) is -0.00659. The van der Waals surface area contributed by atoms with Crippen molar-refractivity contribution in [2.45, 2.75) is 6.61 Å². The van der Waals surface area contributed by atoms with Crippen LogP contribution in [0, 0.1) is 5.82 Å². The van der Waals surface area contributed by atoms with Crippen LogP contribution in [0.4, 0.5) is 10.1 Å². The highest BCUT2D eigenvalue weighted by Crippen LogP contribution is 2.15. The first-order valence-corrected chi connectivity index (χ1v) is 5.56. The number of nitrogen functional groups attached to an aromatic ring is 1. The second-order valence-corrected chi connectivity index (χ2v) is 3.98. The predicted molar refractivity (Wildman–Crippen MR) is 68.0 cm³/mol. The Morgan fingerprint density at radius 1 is 1.21 bits per heavy atom. The molecule has 0 aliphatic carbocycles. The molecule has 0 heterocycles. The minimum Gasteiger partial charge on any atom is -0.508 e. The molecule has 0 saturated heterocycles. The van der Waals surface area contributed by atoms with Gasteiger partial charge in [-0.1, -0.05) is 12.1 Å². The Bertz CT molecular complexity index is 596. The molecule has 0 aromatic heterocycles. The lowest BCUT2D eigenvalue weighted by Gasteiger charge is -2.06. The molecular formula is C14H12FNO3. The van der Waals surface area contributed by atoms with Gasteiger partial charge in [0.05, 0.1) is 5.56 Å². The van der Waals surface area contributed by atoms with Crippen molar-refractivity contribution in [2.75, 3.05) is 5.73 Å². The number of esters is 1. The average molecular weight is 261 g/mol. The Kier molecular flexibility index (Phi) is 3.66. The van der Waals surface area contributed by atoms with Crippen LogP contribution in [0.15, 0.2) is 42.5 Å². The number of hydrogen-bond acceptors (Lipinski definition) is 4. The summed E-state index contributed by atoms with van der Waals surface area (Å²) < 4.78 is 18.4. The number of hydrogen-bond donors (Lipinski definition) is 2. The lowest BCUT2D eigenvalue weighted by atomic mass is 10.2. The molecule has 0 unspecified atom stereocenters. The molecule has 0 bridgehead atoms. The van der Waals surface area contributed by atoms with Crippen molar-refractivity contribution in [3.05, 3.63) is 59.4 Å². The van der Waals surface area contributed by atoms with Gasteiger partial charge in [-0.3, -0.25) is 0 Å². The summed E-state index contributed by atoms with van der Waals surface area (Å²) in [7, 11) is 0. The number of nitrogens with two attached hydrogens (primary N) is 1. The number of phenolic OH excluding ortho intramolecular Hbond substituents is 1. The van der Waals surface area contributed by atoms with Gasteiger partial charge in [0.1, 0.15) is 18.2 Å². The molecule has 0 atom stereocenters. The van der Waals surface area contributed by atoms with E-state index in [-0.39, 0.29) is 23.6 Å². The molecule has 0 amide bonds. The third kappa shape index (κ3) is 3.22. The first-order valence-electron chi connectivity index (χ1n) is 5.56. The third-order valence-corrected chi connectivity index (χ3v) is 2.52. The van der Waals surface area contributed by atoms with E-state index in [2.05, 4.69) is 0 Å². The molecule has 2 aromatic rings. The minimum atomic E-state index is -0.780. The minimum absolute atomic E-state index is 0.00659. The highest BCUT2D eigenvalue weighted by molar-refractivity contribution is 5.90. The number of anilines is 1. The smallest absolute Gasteiger partial charge is 0.341 e. The molecule has 0 fully saturated rings. The van der Waals surface area contributed by atoms with Crippen LogP contribution in [-0.4, -0.2) is 11.1 Å². The summed E-state index contributed by atoms with van der Waals surface area (Å²) in [5.41, 5.74) is 6.27. The molecule has 0 aliphatic rings. The first-order chi connectivity index (χ1) is 9.06. The predicted octanol–water partition coefficient (Wildman–Crippen LogP) is 2.47. The maximum absolute atomic E-state index is 13.4. The highest BCUT2D eigenvalue weighted by Gasteiger charge is 2.13. The van der Waals surface area contributed by atoms with Crippen LogP contribution < -0.4 is 5.73 Å². The number of carbonyl (C=O) groups excluding carboxylic acids is 1. The van der Waals surface area contributed by atoms with Gasteiger partial charge in [0.15, 0.2) is 0 Å². The van der Waals surface area contributed by atoms with Crippen molar-refractivity contribution in [1.82, 2.24) is 0 Å².